The zero-order valence-corrected chi connectivity index (χ0v) is 13.8. The van der Waals surface area contributed by atoms with Gasteiger partial charge in [0.2, 0.25) is 5.91 Å². The number of nitrogens with zero attached hydrogens (tertiary/aromatic N) is 2. The third-order valence-corrected chi connectivity index (χ3v) is 5.37. The molecule has 0 unspecified atom stereocenters. The van der Waals surface area contributed by atoms with E-state index in [9.17, 15) is 4.79 Å². The van der Waals surface area contributed by atoms with Crippen molar-refractivity contribution in [2.24, 2.45) is 0 Å². The second kappa shape index (κ2) is 7.40. The zero-order valence-electron chi connectivity index (χ0n) is 12.9. The van der Waals surface area contributed by atoms with Crippen LogP contribution in [-0.2, 0) is 16.0 Å². The van der Waals surface area contributed by atoms with Gasteiger partial charge < -0.3 is 9.64 Å². The number of amides is 1. The van der Waals surface area contributed by atoms with Crippen molar-refractivity contribution >= 4 is 17.2 Å². The molecule has 120 valence electrons. The molecule has 1 amide bonds. The highest BCUT2D eigenvalue weighted by molar-refractivity contribution is 7.07. The van der Waals surface area contributed by atoms with Gasteiger partial charge in [0, 0.05) is 32.2 Å². The van der Waals surface area contributed by atoms with Crippen molar-refractivity contribution < 1.29 is 9.53 Å². The molecular weight excluding hydrogens is 296 g/mol. The van der Waals surface area contributed by atoms with Crippen LogP contribution in [0, 0.1) is 0 Å². The van der Waals surface area contributed by atoms with Crippen LogP contribution in [-0.4, -0.2) is 60.6 Å². The molecule has 2 atom stereocenters. The van der Waals surface area contributed by atoms with Crippen LogP contribution in [0.4, 0.5) is 0 Å². The molecule has 1 aromatic heterocycles. The van der Waals surface area contributed by atoms with E-state index in [0.29, 0.717) is 12.5 Å². The number of ether oxygens (including phenoxy) is 1. The van der Waals surface area contributed by atoms with Gasteiger partial charge in [-0.15, -0.1) is 6.58 Å². The minimum absolute atomic E-state index is 0.243. The summed E-state index contributed by atoms with van der Waals surface area (Å²) in [4.78, 5) is 17.0. The molecule has 2 aliphatic heterocycles. The fourth-order valence-corrected chi connectivity index (χ4v) is 4.15. The van der Waals surface area contributed by atoms with Crippen molar-refractivity contribution in [1.29, 1.82) is 0 Å². The number of hydrogen-bond acceptors (Lipinski definition) is 4. The third-order valence-electron chi connectivity index (χ3n) is 4.64. The summed E-state index contributed by atoms with van der Waals surface area (Å²) in [7, 11) is 0. The fraction of sp³-hybridized carbons (Fsp3) is 0.588. The topological polar surface area (TPSA) is 32.8 Å². The van der Waals surface area contributed by atoms with Gasteiger partial charge in [0.25, 0.3) is 0 Å². The van der Waals surface area contributed by atoms with Gasteiger partial charge in [-0.1, -0.05) is 6.08 Å². The number of rotatable bonds is 4. The van der Waals surface area contributed by atoms with E-state index in [2.05, 4.69) is 16.9 Å². The van der Waals surface area contributed by atoms with Gasteiger partial charge in [-0.05, 0) is 35.2 Å². The smallest absolute Gasteiger partial charge is 0.227 e. The first-order chi connectivity index (χ1) is 10.8. The number of likely N-dealkylation sites (tertiary alicyclic amines) is 1. The molecule has 1 aromatic rings. The van der Waals surface area contributed by atoms with Crippen LogP contribution >= 0.6 is 11.3 Å². The van der Waals surface area contributed by atoms with Crippen LogP contribution in [0.15, 0.2) is 29.5 Å². The molecule has 2 fully saturated rings. The average molecular weight is 320 g/mol. The minimum atomic E-state index is 0.243. The van der Waals surface area contributed by atoms with E-state index in [0.717, 1.165) is 51.2 Å². The Kier molecular flexibility index (Phi) is 5.28. The first kappa shape index (κ1) is 15.7. The molecule has 5 heteroatoms. The molecule has 22 heavy (non-hydrogen) atoms. The summed E-state index contributed by atoms with van der Waals surface area (Å²) in [6.07, 6.45) is 4.68. The summed E-state index contributed by atoms with van der Waals surface area (Å²) < 4.78 is 5.96. The second-order valence-corrected chi connectivity index (χ2v) is 6.81. The molecule has 0 spiro atoms. The van der Waals surface area contributed by atoms with E-state index in [-0.39, 0.29) is 12.0 Å². The Morgan fingerprint density at radius 1 is 1.41 bits per heavy atom. The molecule has 3 rings (SSSR count). The molecule has 0 saturated carbocycles. The Hall–Kier alpha value is -1.17. The van der Waals surface area contributed by atoms with E-state index in [4.69, 9.17) is 4.74 Å². The molecular formula is C17H24N2O2S. The summed E-state index contributed by atoms with van der Waals surface area (Å²) in [5, 5.41) is 4.09. The number of thiophene rings is 1. The van der Waals surface area contributed by atoms with Gasteiger partial charge in [0.05, 0.1) is 19.1 Å². The number of carbonyl (C=O) groups excluding carboxylic acids is 1. The number of carbonyl (C=O) groups is 1. The summed E-state index contributed by atoms with van der Waals surface area (Å²) in [5.74, 6) is 0.243. The van der Waals surface area contributed by atoms with Crippen molar-refractivity contribution in [3.8, 4) is 0 Å². The highest BCUT2D eigenvalue weighted by Gasteiger charge is 2.34. The van der Waals surface area contributed by atoms with Crippen molar-refractivity contribution in [1.82, 2.24) is 9.80 Å². The summed E-state index contributed by atoms with van der Waals surface area (Å²) in [6.45, 7) is 8.17. The van der Waals surface area contributed by atoms with E-state index in [1.165, 1.54) is 0 Å². The predicted octanol–water partition coefficient (Wildman–Crippen LogP) is 2.17. The maximum Gasteiger partial charge on any atom is 0.227 e. The number of hydrogen-bond donors (Lipinski definition) is 0. The van der Waals surface area contributed by atoms with Crippen molar-refractivity contribution in [2.45, 2.75) is 31.4 Å². The van der Waals surface area contributed by atoms with Gasteiger partial charge in [0.15, 0.2) is 0 Å². The van der Waals surface area contributed by atoms with Gasteiger partial charge in [0.1, 0.15) is 0 Å². The maximum absolute atomic E-state index is 12.5. The molecule has 0 bridgehead atoms. The predicted molar refractivity (Wildman–Crippen MR) is 89.1 cm³/mol. The van der Waals surface area contributed by atoms with Crippen molar-refractivity contribution in [3.05, 3.63) is 35.0 Å². The van der Waals surface area contributed by atoms with Crippen LogP contribution in [0.1, 0.15) is 18.4 Å². The van der Waals surface area contributed by atoms with Crippen molar-refractivity contribution in [3.63, 3.8) is 0 Å². The molecule has 4 nitrogen and oxygen atoms in total. The largest absolute Gasteiger partial charge is 0.375 e. The first-order valence-electron chi connectivity index (χ1n) is 8.03. The quantitative estimate of drug-likeness (QED) is 0.797. The number of fused-ring (bicyclic) bond motifs is 1. The SMILES string of the molecule is C=CCN1CCO[C@H]2CCN(C(=O)Cc3ccsc3)CC[C@@H]21. The van der Waals surface area contributed by atoms with Crippen LogP contribution in [0.5, 0.6) is 0 Å². The van der Waals surface area contributed by atoms with E-state index >= 15 is 0 Å². The maximum atomic E-state index is 12.5. The lowest BCUT2D eigenvalue weighted by Gasteiger charge is -2.39. The standard InChI is InChI=1S/C17H24N2O2S/c1-2-6-18-9-10-21-16-4-8-19(7-3-15(16)18)17(20)12-14-5-11-22-13-14/h2,5,11,13,15-16H,1,3-4,6-10,12H2/t15-,16-/m0/s1. The average Bonchev–Trinajstić information content (AvgIpc) is 2.92. The van der Waals surface area contributed by atoms with Gasteiger partial charge >= 0.3 is 0 Å². The highest BCUT2D eigenvalue weighted by atomic mass is 32.1. The summed E-state index contributed by atoms with van der Waals surface area (Å²) in [6, 6.07) is 2.46. The van der Waals surface area contributed by atoms with E-state index in [1.807, 2.05) is 22.4 Å². The van der Waals surface area contributed by atoms with Crippen LogP contribution < -0.4 is 0 Å². The molecule has 0 aromatic carbocycles. The first-order valence-corrected chi connectivity index (χ1v) is 8.97. The van der Waals surface area contributed by atoms with E-state index < -0.39 is 0 Å². The summed E-state index contributed by atoms with van der Waals surface area (Å²) >= 11 is 1.65. The molecule has 2 saturated heterocycles. The zero-order chi connectivity index (χ0) is 15.4. The minimum Gasteiger partial charge on any atom is -0.375 e. The Morgan fingerprint density at radius 3 is 3.05 bits per heavy atom. The lowest BCUT2D eigenvalue weighted by Crippen LogP contribution is -2.51. The van der Waals surface area contributed by atoms with E-state index in [1.54, 1.807) is 11.3 Å². The number of morpholine rings is 1. The normalized spacial score (nSPS) is 26.3. The van der Waals surface area contributed by atoms with Crippen molar-refractivity contribution in [2.75, 3.05) is 32.8 Å². The lowest BCUT2D eigenvalue weighted by atomic mass is 10.0. The molecule has 3 heterocycles. The summed E-state index contributed by atoms with van der Waals surface area (Å²) in [5.41, 5.74) is 1.13. The molecule has 2 aliphatic rings. The van der Waals surface area contributed by atoms with Crippen LogP contribution in [0.2, 0.25) is 0 Å². The highest BCUT2D eigenvalue weighted by Crippen LogP contribution is 2.24. The monoisotopic (exact) mass is 320 g/mol. The van der Waals surface area contributed by atoms with Gasteiger partial charge in [-0.25, -0.2) is 0 Å². The Bertz CT molecular complexity index is 503. The lowest BCUT2D eigenvalue weighted by molar-refractivity contribution is -0.130. The Morgan fingerprint density at radius 2 is 2.27 bits per heavy atom. The molecule has 0 aliphatic carbocycles. The second-order valence-electron chi connectivity index (χ2n) is 6.03. The Labute approximate surface area is 136 Å². The molecule has 0 N–H and O–H groups in total. The van der Waals surface area contributed by atoms with Gasteiger partial charge in [-0.2, -0.15) is 11.3 Å². The molecule has 0 radical (unpaired) electrons. The van der Waals surface area contributed by atoms with Crippen LogP contribution in [0.3, 0.4) is 0 Å². The van der Waals surface area contributed by atoms with Crippen LogP contribution in [0.25, 0.3) is 0 Å². The van der Waals surface area contributed by atoms with Gasteiger partial charge in [-0.3, -0.25) is 9.69 Å². The fourth-order valence-electron chi connectivity index (χ4n) is 3.48. The Balaban J connectivity index is 1.61. The third kappa shape index (κ3) is 3.59.